The smallest absolute Gasteiger partial charge is 0.407 e. The average Bonchev–Trinajstić information content (AvgIpc) is 3.08. The molecule has 0 spiro atoms. The van der Waals surface area contributed by atoms with Gasteiger partial charge in [-0.15, -0.1) is 0 Å². The summed E-state index contributed by atoms with van der Waals surface area (Å²) in [5.74, 6) is 0. The van der Waals surface area contributed by atoms with Gasteiger partial charge in [-0.05, 0) is 36.7 Å². The highest BCUT2D eigenvalue weighted by Crippen LogP contribution is 2.20. The highest BCUT2D eigenvalue weighted by molar-refractivity contribution is 9.11. The van der Waals surface area contributed by atoms with E-state index in [2.05, 4.69) is 31.3 Å². The first-order chi connectivity index (χ1) is 11.7. The third kappa shape index (κ3) is 5.49. The number of ether oxygens (including phenoxy) is 1. The molecule has 2 heterocycles. The molecule has 1 amide bonds. The van der Waals surface area contributed by atoms with Crippen LogP contribution in [0.15, 0.2) is 33.0 Å². The summed E-state index contributed by atoms with van der Waals surface area (Å²) in [5.41, 5.74) is -0.842. The summed E-state index contributed by atoms with van der Waals surface area (Å²) in [6, 6.07) is 0. The van der Waals surface area contributed by atoms with E-state index in [-0.39, 0.29) is 18.7 Å². The fourth-order valence-corrected chi connectivity index (χ4v) is 2.88. The van der Waals surface area contributed by atoms with E-state index >= 15 is 0 Å². The first-order valence-electron chi connectivity index (χ1n) is 7.19. The topological polar surface area (TPSA) is 91.0 Å². The zero-order valence-corrected chi connectivity index (χ0v) is 16.2. The van der Waals surface area contributed by atoms with Crippen molar-refractivity contribution < 1.29 is 13.9 Å². The maximum absolute atomic E-state index is 13.1. The molecule has 136 valence electrons. The molecule has 8 nitrogen and oxygen atoms in total. The molecule has 0 aromatic carbocycles. The SMILES string of the molecule is CC(C)(C)NC(=O)OC/C(=C/F)Cn1ncn(-c2ncc(Br)s2)c1=O. The summed E-state index contributed by atoms with van der Waals surface area (Å²) in [6.07, 6.45) is 2.50. The van der Waals surface area contributed by atoms with Gasteiger partial charge < -0.3 is 10.1 Å². The Labute approximate surface area is 155 Å². The third-order valence-electron chi connectivity index (χ3n) is 2.78. The molecule has 0 aliphatic heterocycles. The van der Waals surface area contributed by atoms with Gasteiger partial charge >= 0.3 is 11.8 Å². The van der Waals surface area contributed by atoms with Crippen LogP contribution < -0.4 is 11.0 Å². The van der Waals surface area contributed by atoms with Gasteiger partial charge in [0.25, 0.3) is 0 Å². The van der Waals surface area contributed by atoms with E-state index in [1.54, 1.807) is 27.0 Å². The van der Waals surface area contributed by atoms with Crippen molar-refractivity contribution in [2.45, 2.75) is 32.9 Å². The second kappa shape index (κ2) is 7.91. The molecule has 0 aliphatic rings. The van der Waals surface area contributed by atoms with E-state index in [1.165, 1.54) is 22.2 Å². The Morgan fingerprint density at radius 2 is 2.24 bits per heavy atom. The monoisotopic (exact) mass is 433 g/mol. The van der Waals surface area contributed by atoms with Gasteiger partial charge in [0.15, 0.2) is 5.13 Å². The number of carbonyl (C=O) groups is 1. The molecular formula is C14H17BrFN5O3S. The third-order valence-corrected chi connectivity index (χ3v) is 4.25. The Balaban J connectivity index is 2.02. The van der Waals surface area contributed by atoms with Crippen LogP contribution in [0.5, 0.6) is 0 Å². The summed E-state index contributed by atoms with van der Waals surface area (Å²) in [7, 11) is 0. The number of halogens is 2. The molecule has 2 aromatic rings. The molecule has 0 unspecified atom stereocenters. The van der Waals surface area contributed by atoms with Gasteiger partial charge in [0.2, 0.25) is 0 Å². The molecule has 0 fully saturated rings. The number of hydrogen-bond acceptors (Lipinski definition) is 6. The Morgan fingerprint density at radius 1 is 1.52 bits per heavy atom. The number of nitrogens with one attached hydrogen (secondary N) is 1. The zero-order chi connectivity index (χ0) is 18.6. The molecule has 0 atom stereocenters. The number of nitrogens with zero attached hydrogens (tertiary/aromatic N) is 4. The van der Waals surface area contributed by atoms with Crippen LogP contribution in [0.4, 0.5) is 9.18 Å². The van der Waals surface area contributed by atoms with Crippen molar-refractivity contribution in [2.24, 2.45) is 0 Å². The van der Waals surface area contributed by atoms with Crippen molar-refractivity contribution in [2.75, 3.05) is 6.61 Å². The predicted molar refractivity (Wildman–Crippen MR) is 94.6 cm³/mol. The Kier molecular flexibility index (Phi) is 6.11. The molecule has 0 saturated heterocycles. The molecule has 2 rings (SSSR count). The number of amides is 1. The van der Waals surface area contributed by atoms with E-state index in [0.717, 1.165) is 8.47 Å². The highest BCUT2D eigenvalue weighted by Gasteiger charge is 2.16. The first kappa shape index (κ1) is 19.3. The first-order valence-corrected chi connectivity index (χ1v) is 8.80. The largest absolute Gasteiger partial charge is 0.445 e. The van der Waals surface area contributed by atoms with Crippen LogP contribution >= 0.6 is 27.3 Å². The van der Waals surface area contributed by atoms with Crippen molar-refractivity contribution in [3.8, 4) is 5.13 Å². The second-order valence-corrected chi connectivity index (χ2v) is 8.49. The summed E-state index contributed by atoms with van der Waals surface area (Å²) in [5, 5.41) is 6.96. The van der Waals surface area contributed by atoms with Crippen molar-refractivity contribution in [1.29, 1.82) is 0 Å². The van der Waals surface area contributed by atoms with Crippen LogP contribution in [-0.4, -0.2) is 37.6 Å². The number of carbonyl (C=O) groups excluding carboxylic acids is 1. The molecule has 11 heteroatoms. The zero-order valence-electron chi connectivity index (χ0n) is 13.8. The van der Waals surface area contributed by atoms with Crippen molar-refractivity contribution in [3.63, 3.8) is 0 Å². The van der Waals surface area contributed by atoms with Gasteiger partial charge in [-0.1, -0.05) is 11.3 Å². The number of thiazole rings is 1. The summed E-state index contributed by atoms with van der Waals surface area (Å²) >= 11 is 4.53. The Bertz CT molecular complexity index is 836. The van der Waals surface area contributed by atoms with Crippen LogP contribution in [-0.2, 0) is 11.3 Å². The van der Waals surface area contributed by atoms with Gasteiger partial charge in [0.05, 0.1) is 22.9 Å². The van der Waals surface area contributed by atoms with Gasteiger partial charge in [0, 0.05) is 11.1 Å². The van der Waals surface area contributed by atoms with Gasteiger partial charge in [0.1, 0.15) is 12.9 Å². The van der Waals surface area contributed by atoms with Crippen LogP contribution in [0, 0.1) is 0 Å². The lowest BCUT2D eigenvalue weighted by molar-refractivity contribution is 0.145. The lowest BCUT2D eigenvalue weighted by atomic mass is 10.1. The normalized spacial score (nSPS) is 12.3. The van der Waals surface area contributed by atoms with E-state index < -0.39 is 17.3 Å². The fourth-order valence-electron chi connectivity index (χ4n) is 1.74. The number of rotatable bonds is 5. The maximum atomic E-state index is 13.1. The van der Waals surface area contributed by atoms with Crippen molar-refractivity contribution >= 4 is 33.4 Å². The van der Waals surface area contributed by atoms with E-state index in [0.29, 0.717) is 11.5 Å². The minimum atomic E-state index is -0.669. The van der Waals surface area contributed by atoms with Crippen LogP contribution in [0.25, 0.3) is 5.13 Å². The molecule has 1 N–H and O–H groups in total. The standard InChI is InChI=1S/C14H17BrFN5O3S/c1-14(2,3)19-12(22)24-7-9(4-16)6-21-13(23)20(8-18-21)11-17-5-10(15)25-11/h4-5,8H,6-7H2,1-3H3,(H,19,22)/b9-4+. The second-order valence-electron chi connectivity index (χ2n) is 6.11. The minimum Gasteiger partial charge on any atom is -0.445 e. The highest BCUT2D eigenvalue weighted by atomic mass is 79.9. The molecule has 2 aromatic heterocycles. The molecule has 0 saturated carbocycles. The summed E-state index contributed by atoms with van der Waals surface area (Å²) in [6.45, 7) is 4.95. The predicted octanol–water partition coefficient (Wildman–Crippen LogP) is 2.63. The van der Waals surface area contributed by atoms with E-state index in [4.69, 9.17) is 4.74 Å². The lowest BCUT2D eigenvalue weighted by Gasteiger charge is -2.20. The van der Waals surface area contributed by atoms with Crippen LogP contribution in [0.3, 0.4) is 0 Å². The van der Waals surface area contributed by atoms with Gasteiger partial charge in [-0.25, -0.2) is 28.2 Å². The average molecular weight is 434 g/mol. The Hall–Kier alpha value is -2.01. The maximum Gasteiger partial charge on any atom is 0.407 e. The number of aromatic nitrogens is 4. The van der Waals surface area contributed by atoms with Crippen molar-refractivity contribution in [3.05, 3.63) is 38.7 Å². The molecule has 25 heavy (non-hydrogen) atoms. The number of hydrogen-bond donors (Lipinski definition) is 1. The molecule has 0 radical (unpaired) electrons. The molecular weight excluding hydrogens is 417 g/mol. The summed E-state index contributed by atoms with van der Waals surface area (Å²) < 4.78 is 21.1. The van der Waals surface area contributed by atoms with E-state index in [9.17, 15) is 14.0 Å². The van der Waals surface area contributed by atoms with Gasteiger partial charge in [-0.2, -0.15) is 5.10 Å². The Morgan fingerprint density at radius 3 is 2.80 bits per heavy atom. The molecule has 0 bridgehead atoms. The van der Waals surface area contributed by atoms with Crippen molar-refractivity contribution in [1.82, 2.24) is 24.6 Å². The lowest BCUT2D eigenvalue weighted by Crippen LogP contribution is -2.41. The molecule has 0 aliphatic carbocycles. The quantitative estimate of drug-likeness (QED) is 0.782. The van der Waals surface area contributed by atoms with E-state index in [1.807, 2.05) is 0 Å². The fraction of sp³-hybridized carbons (Fsp3) is 0.429. The van der Waals surface area contributed by atoms with Crippen LogP contribution in [0.2, 0.25) is 0 Å². The summed E-state index contributed by atoms with van der Waals surface area (Å²) in [4.78, 5) is 28.0. The number of alkyl carbamates (subject to hydrolysis) is 1. The minimum absolute atomic E-state index is 0.0942. The van der Waals surface area contributed by atoms with Gasteiger partial charge in [-0.3, -0.25) is 0 Å². The van der Waals surface area contributed by atoms with Crippen LogP contribution in [0.1, 0.15) is 20.8 Å².